The molecule has 6 nitrogen and oxygen atoms in total. The maximum atomic E-state index is 12.9. The average Bonchev–Trinajstić information content (AvgIpc) is 3.26. The quantitative estimate of drug-likeness (QED) is 0.876. The summed E-state index contributed by atoms with van der Waals surface area (Å²) in [5.74, 6) is -0.0588. The van der Waals surface area contributed by atoms with Gasteiger partial charge in [-0.3, -0.25) is 9.89 Å². The fourth-order valence-corrected chi connectivity index (χ4v) is 3.06. The monoisotopic (exact) mass is 342 g/mol. The van der Waals surface area contributed by atoms with E-state index >= 15 is 0 Å². The Balaban J connectivity index is 1.76. The molecule has 1 saturated heterocycles. The van der Waals surface area contributed by atoms with Gasteiger partial charge in [0.1, 0.15) is 5.69 Å². The highest BCUT2D eigenvalue weighted by Gasteiger charge is 2.25. The lowest BCUT2D eigenvalue weighted by atomic mass is 10.1. The van der Waals surface area contributed by atoms with Crippen molar-refractivity contribution in [2.75, 3.05) is 32.1 Å². The first-order valence-electron chi connectivity index (χ1n) is 8.72. The molecule has 2 aromatic rings. The SMILES string of the molecule is Cc1cc(C(=O)N(Cc2ccc(N(C)C)cc2)C[C@@H]2CCCO2)n[nH]1. The number of carbonyl (C=O) groups excluding carboxylic acids is 1. The number of aromatic nitrogens is 2. The van der Waals surface area contributed by atoms with Crippen molar-refractivity contribution >= 4 is 11.6 Å². The average molecular weight is 342 g/mol. The van der Waals surface area contributed by atoms with Crippen LogP contribution in [0.2, 0.25) is 0 Å². The molecule has 0 aliphatic carbocycles. The van der Waals surface area contributed by atoms with E-state index in [9.17, 15) is 4.79 Å². The standard InChI is InChI=1S/C19H26N4O2/c1-14-11-18(21-20-14)19(24)23(13-17-5-4-10-25-17)12-15-6-8-16(9-7-15)22(2)3/h6-9,11,17H,4-5,10,12-13H2,1-3H3,(H,20,21)/t17-/m0/s1. The van der Waals surface area contributed by atoms with E-state index in [4.69, 9.17) is 4.74 Å². The van der Waals surface area contributed by atoms with E-state index in [0.717, 1.165) is 36.4 Å². The molecule has 3 rings (SSSR count). The molecule has 1 aromatic carbocycles. The van der Waals surface area contributed by atoms with E-state index in [2.05, 4.69) is 39.4 Å². The highest BCUT2D eigenvalue weighted by molar-refractivity contribution is 5.92. The Kier molecular flexibility index (Phi) is 5.38. The van der Waals surface area contributed by atoms with E-state index in [0.29, 0.717) is 18.8 Å². The van der Waals surface area contributed by atoms with E-state index in [1.165, 1.54) is 0 Å². The predicted molar refractivity (Wildman–Crippen MR) is 97.8 cm³/mol. The first-order valence-corrected chi connectivity index (χ1v) is 8.72. The van der Waals surface area contributed by atoms with Crippen LogP contribution in [0, 0.1) is 6.92 Å². The Bertz CT molecular complexity index is 702. The number of nitrogens with zero attached hydrogens (tertiary/aromatic N) is 3. The Morgan fingerprint density at radius 1 is 1.32 bits per heavy atom. The molecule has 0 saturated carbocycles. The molecule has 25 heavy (non-hydrogen) atoms. The van der Waals surface area contributed by atoms with Gasteiger partial charge in [0.15, 0.2) is 0 Å². The molecule has 1 N–H and O–H groups in total. The van der Waals surface area contributed by atoms with E-state index < -0.39 is 0 Å². The minimum absolute atomic E-state index is 0.0588. The molecule has 0 radical (unpaired) electrons. The van der Waals surface area contributed by atoms with Crippen molar-refractivity contribution in [2.45, 2.75) is 32.4 Å². The van der Waals surface area contributed by atoms with Crippen LogP contribution in [0.3, 0.4) is 0 Å². The van der Waals surface area contributed by atoms with Crippen LogP contribution in [0.15, 0.2) is 30.3 Å². The molecule has 1 amide bonds. The summed E-state index contributed by atoms with van der Waals surface area (Å²) in [6, 6.07) is 10.1. The Morgan fingerprint density at radius 3 is 2.64 bits per heavy atom. The van der Waals surface area contributed by atoms with Gasteiger partial charge < -0.3 is 14.5 Å². The van der Waals surface area contributed by atoms with Gasteiger partial charge >= 0.3 is 0 Å². The number of ether oxygens (including phenoxy) is 1. The summed E-state index contributed by atoms with van der Waals surface area (Å²) in [6.07, 6.45) is 2.18. The van der Waals surface area contributed by atoms with Crippen LogP contribution in [0.1, 0.15) is 34.6 Å². The van der Waals surface area contributed by atoms with Crippen LogP contribution >= 0.6 is 0 Å². The lowest BCUT2D eigenvalue weighted by molar-refractivity contribution is 0.0503. The fraction of sp³-hybridized carbons (Fsp3) is 0.474. The van der Waals surface area contributed by atoms with Crippen molar-refractivity contribution in [3.63, 3.8) is 0 Å². The number of anilines is 1. The van der Waals surface area contributed by atoms with Crippen LogP contribution in [-0.2, 0) is 11.3 Å². The zero-order valence-electron chi connectivity index (χ0n) is 15.2. The number of amides is 1. The number of rotatable bonds is 6. The number of H-pyrrole nitrogens is 1. The van der Waals surface area contributed by atoms with Crippen molar-refractivity contribution in [2.24, 2.45) is 0 Å². The largest absolute Gasteiger partial charge is 0.378 e. The minimum atomic E-state index is -0.0588. The van der Waals surface area contributed by atoms with E-state index in [1.807, 2.05) is 25.9 Å². The van der Waals surface area contributed by atoms with Gasteiger partial charge in [0, 0.05) is 45.2 Å². The Labute approximate surface area is 148 Å². The fourth-order valence-electron chi connectivity index (χ4n) is 3.06. The summed E-state index contributed by atoms with van der Waals surface area (Å²) in [4.78, 5) is 16.8. The maximum absolute atomic E-state index is 12.9. The molecule has 2 heterocycles. The van der Waals surface area contributed by atoms with Gasteiger partial charge in [0.25, 0.3) is 5.91 Å². The molecule has 1 aliphatic heterocycles. The van der Waals surface area contributed by atoms with Gasteiger partial charge in [-0.25, -0.2) is 0 Å². The van der Waals surface area contributed by atoms with Crippen molar-refractivity contribution in [3.8, 4) is 0 Å². The van der Waals surface area contributed by atoms with Gasteiger partial charge in [-0.05, 0) is 43.5 Å². The van der Waals surface area contributed by atoms with Crippen LogP contribution < -0.4 is 4.90 Å². The molecular weight excluding hydrogens is 316 g/mol. The van der Waals surface area contributed by atoms with E-state index in [-0.39, 0.29) is 12.0 Å². The van der Waals surface area contributed by atoms with Crippen LogP contribution in [0.5, 0.6) is 0 Å². The minimum Gasteiger partial charge on any atom is -0.378 e. The summed E-state index contributed by atoms with van der Waals surface area (Å²) in [5, 5.41) is 6.97. The Morgan fingerprint density at radius 2 is 2.08 bits per heavy atom. The Hall–Kier alpha value is -2.34. The summed E-state index contributed by atoms with van der Waals surface area (Å²) in [7, 11) is 4.03. The zero-order valence-corrected chi connectivity index (χ0v) is 15.2. The third-order valence-electron chi connectivity index (χ3n) is 4.49. The lowest BCUT2D eigenvalue weighted by Crippen LogP contribution is -2.37. The van der Waals surface area contributed by atoms with Crippen LogP contribution in [0.4, 0.5) is 5.69 Å². The topological polar surface area (TPSA) is 61.5 Å². The molecule has 0 unspecified atom stereocenters. The number of aryl methyl sites for hydroxylation is 1. The highest BCUT2D eigenvalue weighted by Crippen LogP contribution is 2.18. The second-order valence-corrected chi connectivity index (χ2v) is 6.82. The first kappa shape index (κ1) is 17.5. The number of nitrogens with one attached hydrogen (secondary N) is 1. The second-order valence-electron chi connectivity index (χ2n) is 6.82. The third-order valence-corrected chi connectivity index (χ3v) is 4.49. The number of hydrogen-bond donors (Lipinski definition) is 1. The van der Waals surface area contributed by atoms with Crippen LogP contribution in [-0.4, -0.2) is 54.4 Å². The molecular formula is C19H26N4O2. The molecule has 0 bridgehead atoms. The summed E-state index contributed by atoms with van der Waals surface area (Å²) in [6.45, 7) is 3.83. The molecule has 1 aromatic heterocycles. The van der Waals surface area contributed by atoms with E-state index in [1.54, 1.807) is 6.07 Å². The smallest absolute Gasteiger partial charge is 0.274 e. The molecule has 1 aliphatic rings. The van der Waals surface area contributed by atoms with Crippen LogP contribution in [0.25, 0.3) is 0 Å². The number of aromatic amines is 1. The molecule has 0 spiro atoms. The molecule has 134 valence electrons. The number of carbonyl (C=O) groups is 1. The van der Waals surface area contributed by atoms with Gasteiger partial charge in [0.2, 0.25) is 0 Å². The summed E-state index contributed by atoms with van der Waals surface area (Å²) < 4.78 is 5.73. The maximum Gasteiger partial charge on any atom is 0.274 e. The molecule has 1 fully saturated rings. The molecule has 6 heteroatoms. The number of benzene rings is 1. The lowest BCUT2D eigenvalue weighted by Gasteiger charge is -2.25. The summed E-state index contributed by atoms with van der Waals surface area (Å²) in [5.41, 5.74) is 3.59. The molecule has 1 atom stereocenters. The van der Waals surface area contributed by atoms with Crippen molar-refractivity contribution in [1.82, 2.24) is 15.1 Å². The first-order chi connectivity index (χ1) is 12.0. The van der Waals surface area contributed by atoms with Gasteiger partial charge in [-0.1, -0.05) is 12.1 Å². The van der Waals surface area contributed by atoms with Gasteiger partial charge in [-0.15, -0.1) is 0 Å². The number of hydrogen-bond acceptors (Lipinski definition) is 4. The van der Waals surface area contributed by atoms with Crippen molar-refractivity contribution < 1.29 is 9.53 Å². The van der Waals surface area contributed by atoms with Crippen molar-refractivity contribution in [3.05, 3.63) is 47.3 Å². The summed E-state index contributed by atoms with van der Waals surface area (Å²) >= 11 is 0. The van der Waals surface area contributed by atoms with Gasteiger partial charge in [0.05, 0.1) is 6.10 Å². The van der Waals surface area contributed by atoms with Gasteiger partial charge in [-0.2, -0.15) is 5.10 Å². The highest BCUT2D eigenvalue weighted by atomic mass is 16.5. The third kappa shape index (κ3) is 4.39. The predicted octanol–water partition coefficient (Wildman–Crippen LogP) is 2.61. The van der Waals surface area contributed by atoms with Crippen molar-refractivity contribution in [1.29, 1.82) is 0 Å². The normalized spacial score (nSPS) is 16.8. The second kappa shape index (κ2) is 7.70. The zero-order chi connectivity index (χ0) is 17.8.